The largest absolute Gasteiger partial charge is 0.492 e. The summed E-state index contributed by atoms with van der Waals surface area (Å²) < 4.78 is 5.69. The smallest absolute Gasteiger partial charge is 0.119 e. The van der Waals surface area contributed by atoms with Crippen molar-refractivity contribution in [3.63, 3.8) is 0 Å². The number of hydrogen-bond donors (Lipinski definition) is 1. The van der Waals surface area contributed by atoms with Crippen LogP contribution in [0.2, 0.25) is 5.02 Å². The average Bonchev–Trinajstić information content (AvgIpc) is 2.34. The first kappa shape index (κ1) is 12.7. The number of halogens is 1. The molecule has 0 aromatic heterocycles. The molecule has 1 aromatic carbocycles. The van der Waals surface area contributed by atoms with Gasteiger partial charge in [-0.05, 0) is 31.2 Å². The maximum Gasteiger partial charge on any atom is 0.119 e. The molecule has 0 saturated carbocycles. The highest BCUT2D eigenvalue weighted by Crippen LogP contribution is 2.15. The Hall–Kier alpha value is -0.770. The highest BCUT2D eigenvalue weighted by atomic mass is 35.5. The van der Waals surface area contributed by atoms with Gasteiger partial charge in [-0.1, -0.05) is 11.6 Å². The summed E-state index contributed by atoms with van der Waals surface area (Å²) in [7, 11) is 0. The number of nitrogens with zero attached hydrogens (tertiary/aromatic N) is 1. The molecule has 0 radical (unpaired) electrons. The summed E-state index contributed by atoms with van der Waals surface area (Å²) in [4.78, 5) is 2.45. The normalized spacial score (nSPS) is 21.4. The van der Waals surface area contributed by atoms with Crippen LogP contribution in [0.3, 0.4) is 0 Å². The van der Waals surface area contributed by atoms with E-state index >= 15 is 0 Å². The van der Waals surface area contributed by atoms with Gasteiger partial charge in [0.2, 0.25) is 0 Å². The van der Waals surface area contributed by atoms with E-state index in [4.69, 9.17) is 16.3 Å². The van der Waals surface area contributed by atoms with Crippen molar-refractivity contribution in [2.45, 2.75) is 13.0 Å². The number of nitrogens with one attached hydrogen (secondary N) is 1. The van der Waals surface area contributed by atoms with Crippen LogP contribution in [0.1, 0.15) is 6.92 Å². The zero-order valence-electron chi connectivity index (χ0n) is 10.2. The second-order valence-corrected chi connectivity index (χ2v) is 4.83. The Morgan fingerprint density at radius 1 is 1.41 bits per heavy atom. The van der Waals surface area contributed by atoms with Crippen molar-refractivity contribution >= 4 is 11.6 Å². The fraction of sp³-hybridized carbons (Fsp3) is 0.538. The van der Waals surface area contributed by atoms with Gasteiger partial charge >= 0.3 is 0 Å². The summed E-state index contributed by atoms with van der Waals surface area (Å²) in [5, 5.41) is 4.13. The Kier molecular flexibility index (Phi) is 4.66. The first-order valence-corrected chi connectivity index (χ1v) is 6.46. The van der Waals surface area contributed by atoms with Crippen LogP contribution in [0, 0.1) is 0 Å². The summed E-state index contributed by atoms with van der Waals surface area (Å²) in [6.07, 6.45) is 0. The highest BCUT2D eigenvalue weighted by Gasteiger charge is 2.16. The van der Waals surface area contributed by atoms with Crippen molar-refractivity contribution in [2.24, 2.45) is 0 Å². The topological polar surface area (TPSA) is 24.5 Å². The van der Waals surface area contributed by atoms with Gasteiger partial charge in [0, 0.05) is 37.2 Å². The monoisotopic (exact) mass is 254 g/mol. The maximum absolute atomic E-state index is 5.82. The Balaban J connectivity index is 1.73. The molecule has 1 aliphatic rings. The number of benzene rings is 1. The van der Waals surface area contributed by atoms with Crippen LogP contribution < -0.4 is 10.1 Å². The van der Waals surface area contributed by atoms with Gasteiger partial charge in [0.15, 0.2) is 0 Å². The van der Waals surface area contributed by atoms with Crippen molar-refractivity contribution < 1.29 is 4.74 Å². The third-order valence-corrected chi connectivity index (χ3v) is 3.35. The minimum atomic E-state index is 0.595. The molecule has 4 heteroatoms. The standard InChI is InChI=1S/C13H19ClN2O/c1-11-10-15-6-7-16(11)8-9-17-13-4-2-12(14)3-5-13/h2-5,11,15H,6-10H2,1H3/t11-/m0/s1. The van der Waals surface area contributed by atoms with Gasteiger partial charge < -0.3 is 10.1 Å². The quantitative estimate of drug-likeness (QED) is 0.890. The van der Waals surface area contributed by atoms with Crippen LogP contribution in [-0.2, 0) is 0 Å². The van der Waals surface area contributed by atoms with E-state index in [1.54, 1.807) is 0 Å². The predicted octanol–water partition coefficient (Wildman–Crippen LogP) is 2.01. The van der Waals surface area contributed by atoms with Gasteiger partial charge in [-0.3, -0.25) is 4.90 Å². The van der Waals surface area contributed by atoms with Crippen molar-refractivity contribution in [3.05, 3.63) is 29.3 Å². The van der Waals surface area contributed by atoms with E-state index < -0.39 is 0 Å². The Morgan fingerprint density at radius 3 is 2.88 bits per heavy atom. The van der Waals surface area contributed by atoms with Gasteiger partial charge in [0.05, 0.1) is 0 Å². The van der Waals surface area contributed by atoms with Crippen LogP contribution in [0.5, 0.6) is 5.75 Å². The molecule has 1 N–H and O–H groups in total. The van der Waals surface area contributed by atoms with E-state index in [0.29, 0.717) is 6.04 Å². The van der Waals surface area contributed by atoms with E-state index in [0.717, 1.165) is 43.6 Å². The Bertz CT molecular complexity index is 342. The minimum Gasteiger partial charge on any atom is -0.492 e. The first-order chi connectivity index (χ1) is 8.25. The summed E-state index contributed by atoms with van der Waals surface area (Å²) in [6, 6.07) is 8.11. The molecule has 0 bridgehead atoms. The predicted molar refractivity (Wildman–Crippen MR) is 70.9 cm³/mol. The maximum atomic E-state index is 5.82. The van der Waals surface area contributed by atoms with Gasteiger partial charge in [0.25, 0.3) is 0 Å². The third-order valence-electron chi connectivity index (χ3n) is 3.10. The third kappa shape index (κ3) is 3.87. The molecular formula is C13H19ClN2O. The molecule has 1 saturated heterocycles. The molecule has 1 aliphatic heterocycles. The molecule has 0 aliphatic carbocycles. The van der Waals surface area contributed by atoms with Crippen molar-refractivity contribution in [2.75, 3.05) is 32.8 Å². The van der Waals surface area contributed by atoms with E-state index in [9.17, 15) is 0 Å². The number of ether oxygens (including phenoxy) is 1. The number of rotatable bonds is 4. The molecule has 17 heavy (non-hydrogen) atoms. The van der Waals surface area contributed by atoms with Crippen molar-refractivity contribution in [1.82, 2.24) is 10.2 Å². The molecule has 2 rings (SSSR count). The highest BCUT2D eigenvalue weighted by molar-refractivity contribution is 6.30. The SMILES string of the molecule is C[C@H]1CNCCN1CCOc1ccc(Cl)cc1. The Morgan fingerprint density at radius 2 is 2.18 bits per heavy atom. The zero-order valence-corrected chi connectivity index (χ0v) is 10.9. The van der Waals surface area contributed by atoms with Gasteiger partial charge in [-0.25, -0.2) is 0 Å². The molecule has 94 valence electrons. The van der Waals surface area contributed by atoms with E-state index in [1.165, 1.54) is 0 Å². The summed E-state index contributed by atoms with van der Waals surface area (Å²) in [6.45, 7) is 7.20. The second-order valence-electron chi connectivity index (χ2n) is 4.39. The van der Waals surface area contributed by atoms with E-state index in [-0.39, 0.29) is 0 Å². The molecule has 0 spiro atoms. The van der Waals surface area contributed by atoms with Gasteiger partial charge in [-0.15, -0.1) is 0 Å². The van der Waals surface area contributed by atoms with Gasteiger partial charge in [-0.2, -0.15) is 0 Å². The van der Waals surface area contributed by atoms with Gasteiger partial charge in [0.1, 0.15) is 12.4 Å². The Labute approximate surface area is 108 Å². The molecule has 1 aromatic rings. The summed E-state index contributed by atoms with van der Waals surface area (Å²) in [5.41, 5.74) is 0. The molecule has 1 heterocycles. The van der Waals surface area contributed by atoms with Crippen molar-refractivity contribution in [3.8, 4) is 5.75 Å². The second kappa shape index (κ2) is 6.24. The lowest BCUT2D eigenvalue weighted by atomic mass is 10.2. The summed E-state index contributed by atoms with van der Waals surface area (Å²) in [5.74, 6) is 0.886. The zero-order chi connectivity index (χ0) is 12.1. The molecule has 1 atom stereocenters. The average molecular weight is 255 g/mol. The fourth-order valence-electron chi connectivity index (χ4n) is 2.03. The lowest BCUT2D eigenvalue weighted by molar-refractivity contribution is 0.143. The van der Waals surface area contributed by atoms with Crippen LogP contribution in [0.25, 0.3) is 0 Å². The van der Waals surface area contributed by atoms with Crippen LogP contribution >= 0.6 is 11.6 Å². The lowest BCUT2D eigenvalue weighted by Gasteiger charge is -2.33. The lowest BCUT2D eigenvalue weighted by Crippen LogP contribution is -2.50. The van der Waals surface area contributed by atoms with E-state index in [2.05, 4.69) is 17.1 Å². The van der Waals surface area contributed by atoms with Crippen LogP contribution in [0.4, 0.5) is 0 Å². The summed E-state index contributed by atoms with van der Waals surface area (Å²) >= 11 is 5.82. The van der Waals surface area contributed by atoms with Crippen molar-refractivity contribution in [1.29, 1.82) is 0 Å². The molecule has 0 unspecified atom stereocenters. The fourth-order valence-corrected chi connectivity index (χ4v) is 2.15. The van der Waals surface area contributed by atoms with Crippen LogP contribution in [-0.4, -0.2) is 43.7 Å². The minimum absolute atomic E-state index is 0.595. The van der Waals surface area contributed by atoms with E-state index in [1.807, 2.05) is 24.3 Å². The number of piperazine rings is 1. The molecule has 0 amide bonds. The molecule has 1 fully saturated rings. The first-order valence-electron chi connectivity index (χ1n) is 6.09. The van der Waals surface area contributed by atoms with Crippen LogP contribution in [0.15, 0.2) is 24.3 Å². The molecule has 3 nitrogen and oxygen atoms in total. The molecular weight excluding hydrogens is 236 g/mol. The number of hydrogen-bond acceptors (Lipinski definition) is 3.